The Hall–Kier alpha value is -0.220. The summed E-state index contributed by atoms with van der Waals surface area (Å²) in [6.07, 6.45) is 9.87. The molecule has 0 saturated heterocycles. The molecule has 0 aromatic heterocycles. The maximum absolute atomic E-state index is 12.4. The first-order valence-corrected chi connectivity index (χ1v) is 9.01. The van der Waals surface area contributed by atoms with Gasteiger partial charge in [-0.1, -0.05) is 13.3 Å². The molecule has 0 aromatic rings. The van der Waals surface area contributed by atoms with E-state index in [1.807, 2.05) is 11.8 Å². The first-order chi connectivity index (χ1) is 9.14. The molecule has 1 saturated carbocycles. The number of nitrogens with two attached hydrogens (primary N) is 1. The Labute approximate surface area is 122 Å². The van der Waals surface area contributed by atoms with Crippen molar-refractivity contribution in [2.24, 2.45) is 17.1 Å². The third kappa shape index (κ3) is 5.35. The van der Waals surface area contributed by atoms with Crippen molar-refractivity contribution in [2.45, 2.75) is 51.9 Å². The van der Waals surface area contributed by atoms with Crippen molar-refractivity contribution in [3.05, 3.63) is 0 Å². The average Bonchev–Trinajstić information content (AvgIpc) is 2.43. The predicted molar refractivity (Wildman–Crippen MR) is 84.4 cm³/mol. The van der Waals surface area contributed by atoms with E-state index in [1.54, 1.807) is 0 Å². The Morgan fingerprint density at radius 2 is 2.00 bits per heavy atom. The molecule has 0 spiro atoms. The van der Waals surface area contributed by atoms with Crippen LogP contribution in [0.4, 0.5) is 0 Å². The van der Waals surface area contributed by atoms with E-state index in [9.17, 15) is 4.79 Å². The van der Waals surface area contributed by atoms with Crippen LogP contribution >= 0.6 is 11.8 Å². The second-order valence-corrected chi connectivity index (χ2v) is 6.96. The van der Waals surface area contributed by atoms with Gasteiger partial charge in [-0.15, -0.1) is 0 Å². The molecule has 0 atom stereocenters. The van der Waals surface area contributed by atoms with Gasteiger partial charge in [0.05, 0.1) is 5.41 Å². The summed E-state index contributed by atoms with van der Waals surface area (Å²) < 4.78 is 0. The zero-order valence-corrected chi connectivity index (χ0v) is 13.4. The smallest absolute Gasteiger partial charge is 0.227 e. The van der Waals surface area contributed by atoms with E-state index in [0.29, 0.717) is 6.54 Å². The molecule has 112 valence electrons. The Bertz CT molecular complexity index is 263. The van der Waals surface area contributed by atoms with Gasteiger partial charge in [-0.3, -0.25) is 4.79 Å². The summed E-state index contributed by atoms with van der Waals surface area (Å²) in [4.78, 5) is 12.4. The molecule has 1 rings (SSSR count). The van der Waals surface area contributed by atoms with Crippen LogP contribution in [0.3, 0.4) is 0 Å². The molecule has 0 unspecified atom stereocenters. The van der Waals surface area contributed by atoms with Crippen molar-refractivity contribution in [3.8, 4) is 0 Å². The summed E-state index contributed by atoms with van der Waals surface area (Å²) in [6.45, 7) is 3.58. The lowest BCUT2D eigenvalue weighted by Gasteiger charge is -2.37. The van der Waals surface area contributed by atoms with Gasteiger partial charge >= 0.3 is 0 Å². The second kappa shape index (κ2) is 8.85. The molecule has 3 nitrogen and oxygen atoms in total. The van der Waals surface area contributed by atoms with Gasteiger partial charge in [0.25, 0.3) is 0 Å². The summed E-state index contributed by atoms with van der Waals surface area (Å²) in [7, 11) is 0. The summed E-state index contributed by atoms with van der Waals surface area (Å²) >= 11 is 1.89. The fourth-order valence-electron chi connectivity index (χ4n) is 2.78. The third-order valence-corrected chi connectivity index (χ3v) is 5.11. The second-order valence-electron chi connectivity index (χ2n) is 5.98. The van der Waals surface area contributed by atoms with E-state index in [1.165, 1.54) is 18.6 Å². The Morgan fingerprint density at radius 3 is 2.58 bits per heavy atom. The fraction of sp³-hybridized carbons (Fsp3) is 0.933. The molecular weight excluding hydrogens is 256 g/mol. The Kier molecular flexibility index (Phi) is 7.84. The summed E-state index contributed by atoms with van der Waals surface area (Å²) in [6, 6.07) is 0. The number of hydrogen-bond acceptors (Lipinski definition) is 3. The van der Waals surface area contributed by atoms with Crippen LogP contribution in [0.25, 0.3) is 0 Å². The Morgan fingerprint density at radius 1 is 1.32 bits per heavy atom. The van der Waals surface area contributed by atoms with Crippen molar-refractivity contribution < 1.29 is 4.79 Å². The van der Waals surface area contributed by atoms with Crippen molar-refractivity contribution in [1.82, 2.24) is 5.32 Å². The lowest BCUT2D eigenvalue weighted by atomic mass is 9.70. The number of amides is 1. The minimum atomic E-state index is -0.272. The molecular formula is C15H30N2OS. The average molecular weight is 286 g/mol. The molecule has 0 radical (unpaired) electrons. The zero-order chi connectivity index (χ0) is 14.1. The minimum Gasteiger partial charge on any atom is -0.356 e. The highest BCUT2D eigenvalue weighted by atomic mass is 32.2. The van der Waals surface area contributed by atoms with Crippen LogP contribution in [0.1, 0.15) is 51.9 Å². The lowest BCUT2D eigenvalue weighted by molar-refractivity contribution is -0.132. The summed E-state index contributed by atoms with van der Waals surface area (Å²) in [5.74, 6) is 2.17. The van der Waals surface area contributed by atoms with Crippen LogP contribution in [0, 0.1) is 11.3 Å². The standard InChI is InChI=1S/C15H30N2OS/c1-13-6-8-15(12-16,9-7-13)14(18)17-10-4-3-5-11-19-2/h13H,3-12,16H2,1-2H3,(H,17,18). The molecule has 0 aromatic carbocycles. The largest absolute Gasteiger partial charge is 0.356 e. The fourth-order valence-corrected chi connectivity index (χ4v) is 3.27. The van der Waals surface area contributed by atoms with Crippen LogP contribution in [0.5, 0.6) is 0 Å². The highest BCUT2D eigenvalue weighted by molar-refractivity contribution is 7.98. The Balaban J connectivity index is 2.26. The number of rotatable bonds is 8. The topological polar surface area (TPSA) is 55.1 Å². The highest BCUT2D eigenvalue weighted by Gasteiger charge is 2.39. The normalized spacial score (nSPS) is 27.2. The van der Waals surface area contributed by atoms with Gasteiger partial charge in [0.15, 0.2) is 0 Å². The molecule has 0 aliphatic heterocycles. The summed E-state index contributed by atoms with van der Waals surface area (Å²) in [5, 5.41) is 3.11. The van der Waals surface area contributed by atoms with Crippen molar-refractivity contribution in [3.63, 3.8) is 0 Å². The molecule has 0 heterocycles. The molecule has 1 aliphatic rings. The molecule has 1 aliphatic carbocycles. The number of nitrogens with one attached hydrogen (secondary N) is 1. The summed E-state index contributed by atoms with van der Waals surface area (Å²) in [5.41, 5.74) is 5.62. The van der Waals surface area contributed by atoms with Crippen LogP contribution in [0.15, 0.2) is 0 Å². The number of carbonyl (C=O) groups is 1. The predicted octanol–water partition coefficient (Wildman–Crippen LogP) is 2.79. The number of thioether (sulfide) groups is 1. The van der Waals surface area contributed by atoms with E-state index in [-0.39, 0.29) is 11.3 Å². The van der Waals surface area contributed by atoms with Crippen molar-refractivity contribution in [2.75, 3.05) is 25.1 Å². The van der Waals surface area contributed by atoms with Crippen molar-refractivity contribution in [1.29, 1.82) is 0 Å². The van der Waals surface area contributed by atoms with Crippen LogP contribution in [-0.2, 0) is 4.79 Å². The third-order valence-electron chi connectivity index (χ3n) is 4.41. The van der Waals surface area contributed by atoms with Crippen LogP contribution in [0.2, 0.25) is 0 Å². The van der Waals surface area contributed by atoms with Gasteiger partial charge in [-0.05, 0) is 56.5 Å². The molecule has 1 amide bonds. The highest BCUT2D eigenvalue weighted by Crippen LogP contribution is 2.38. The quantitative estimate of drug-likeness (QED) is 0.675. The maximum Gasteiger partial charge on any atom is 0.227 e. The molecule has 0 bridgehead atoms. The number of hydrogen-bond donors (Lipinski definition) is 2. The first-order valence-electron chi connectivity index (χ1n) is 7.62. The van der Waals surface area contributed by atoms with Gasteiger partial charge in [-0.2, -0.15) is 11.8 Å². The zero-order valence-electron chi connectivity index (χ0n) is 12.5. The van der Waals surface area contributed by atoms with Gasteiger partial charge in [0, 0.05) is 13.1 Å². The van der Waals surface area contributed by atoms with Gasteiger partial charge in [0.2, 0.25) is 5.91 Å². The lowest BCUT2D eigenvalue weighted by Crippen LogP contribution is -2.48. The van der Waals surface area contributed by atoms with E-state index >= 15 is 0 Å². The van der Waals surface area contributed by atoms with E-state index < -0.39 is 0 Å². The van der Waals surface area contributed by atoms with Gasteiger partial charge in [0.1, 0.15) is 0 Å². The molecule has 19 heavy (non-hydrogen) atoms. The number of carbonyl (C=O) groups excluding carboxylic acids is 1. The van der Waals surface area contributed by atoms with E-state index in [0.717, 1.165) is 44.6 Å². The molecule has 1 fully saturated rings. The van der Waals surface area contributed by atoms with Crippen LogP contribution < -0.4 is 11.1 Å². The first kappa shape index (κ1) is 16.8. The van der Waals surface area contributed by atoms with Crippen molar-refractivity contribution >= 4 is 17.7 Å². The SMILES string of the molecule is CSCCCCCNC(=O)C1(CN)CCC(C)CC1. The van der Waals surface area contributed by atoms with Gasteiger partial charge in [-0.25, -0.2) is 0 Å². The van der Waals surface area contributed by atoms with E-state index in [2.05, 4.69) is 18.5 Å². The minimum absolute atomic E-state index is 0.201. The monoisotopic (exact) mass is 286 g/mol. The molecule has 4 heteroatoms. The van der Waals surface area contributed by atoms with Crippen LogP contribution in [-0.4, -0.2) is 31.0 Å². The maximum atomic E-state index is 12.4. The van der Waals surface area contributed by atoms with E-state index in [4.69, 9.17) is 5.73 Å². The molecule has 3 N–H and O–H groups in total. The van der Waals surface area contributed by atoms with Gasteiger partial charge < -0.3 is 11.1 Å². The number of unbranched alkanes of at least 4 members (excludes halogenated alkanes) is 2.